The molecule has 0 aliphatic carbocycles. The lowest BCUT2D eigenvalue weighted by molar-refractivity contribution is -0.141. The molecule has 3 nitrogen and oxygen atoms in total. The number of halogens is 2. The number of hydrogen-bond donors (Lipinski definition) is 1. The van der Waals surface area contributed by atoms with Crippen LogP contribution in [0.3, 0.4) is 0 Å². The van der Waals surface area contributed by atoms with Crippen molar-refractivity contribution < 1.29 is 18.7 Å². The van der Waals surface area contributed by atoms with E-state index in [-0.39, 0.29) is 12.1 Å². The molecule has 0 bridgehead atoms. The predicted molar refractivity (Wildman–Crippen MR) is 57.4 cm³/mol. The van der Waals surface area contributed by atoms with Gasteiger partial charge in [-0.15, -0.1) is 0 Å². The fourth-order valence-electron chi connectivity index (χ4n) is 2.08. The third-order valence-electron chi connectivity index (χ3n) is 3.02. The minimum atomic E-state index is -0.827. The second-order valence-corrected chi connectivity index (χ2v) is 4.29. The van der Waals surface area contributed by atoms with Crippen molar-refractivity contribution in [3.63, 3.8) is 0 Å². The molecule has 0 saturated carbocycles. The van der Waals surface area contributed by atoms with Crippen molar-refractivity contribution in [1.29, 1.82) is 0 Å². The summed E-state index contributed by atoms with van der Waals surface area (Å²) in [7, 11) is 0. The second kappa shape index (κ2) is 4.79. The van der Waals surface area contributed by atoms with Gasteiger partial charge in [0.1, 0.15) is 11.6 Å². The standard InChI is InChI=1S/C12H13F2NO2/c13-10-1-2-11(14)9(5-10)7-15-4-3-8(6-15)12(16)17/h1-2,5,8H,3-4,6-7H2,(H,16,17). The first-order valence-corrected chi connectivity index (χ1v) is 5.45. The lowest BCUT2D eigenvalue weighted by Gasteiger charge is -2.15. The Morgan fingerprint density at radius 1 is 1.47 bits per heavy atom. The Balaban J connectivity index is 2.02. The van der Waals surface area contributed by atoms with Gasteiger partial charge in [-0.2, -0.15) is 0 Å². The van der Waals surface area contributed by atoms with Gasteiger partial charge in [0.25, 0.3) is 0 Å². The maximum atomic E-state index is 13.4. The summed E-state index contributed by atoms with van der Waals surface area (Å²) in [5.74, 6) is -2.15. The molecule has 1 fully saturated rings. The highest BCUT2D eigenvalue weighted by molar-refractivity contribution is 5.70. The van der Waals surface area contributed by atoms with Gasteiger partial charge in [0.05, 0.1) is 5.92 Å². The molecular weight excluding hydrogens is 228 g/mol. The molecule has 1 heterocycles. The highest BCUT2D eigenvalue weighted by Crippen LogP contribution is 2.20. The molecule has 0 amide bonds. The molecule has 0 spiro atoms. The first-order valence-electron chi connectivity index (χ1n) is 5.45. The van der Waals surface area contributed by atoms with E-state index >= 15 is 0 Å². The van der Waals surface area contributed by atoms with E-state index in [4.69, 9.17) is 5.11 Å². The lowest BCUT2D eigenvalue weighted by atomic mass is 10.1. The van der Waals surface area contributed by atoms with E-state index in [2.05, 4.69) is 0 Å². The topological polar surface area (TPSA) is 40.5 Å². The van der Waals surface area contributed by atoms with Crippen LogP contribution in [-0.4, -0.2) is 29.1 Å². The van der Waals surface area contributed by atoms with Crippen LogP contribution < -0.4 is 0 Å². The van der Waals surface area contributed by atoms with Crippen molar-refractivity contribution >= 4 is 5.97 Å². The number of aliphatic carboxylic acids is 1. The minimum Gasteiger partial charge on any atom is -0.481 e. The van der Waals surface area contributed by atoms with Gasteiger partial charge in [-0.1, -0.05) is 0 Å². The summed E-state index contributed by atoms with van der Waals surface area (Å²) < 4.78 is 26.3. The highest BCUT2D eigenvalue weighted by atomic mass is 19.1. The fourth-order valence-corrected chi connectivity index (χ4v) is 2.08. The van der Waals surface area contributed by atoms with Gasteiger partial charge in [0.2, 0.25) is 0 Å². The number of carboxylic acids is 1. The molecule has 1 N–H and O–H groups in total. The second-order valence-electron chi connectivity index (χ2n) is 4.29. The Hall–Kier alpha value is -1.49. The number of carboxylic acid groups (broad SMARTS) is 1. The Morgan fingerprint density at radius 3 is 2.88 bits per heavy atom. The van der Waals surface area contributed by atoms with Gasteiger partial charge in [-0.05, 0) is 31.2 Å². The fraction of sp³-hybridized carbons (Fsp3) is 0.417. The zero-order valence-electron chi connectivity index (χ0n) is 9.20. The van der Waals surface area contributed by atoms with Crippen LogP contribution in [0.25, 0.3) is 0 Å². The van der Waals surface area contributed by atoms with Crippen LogP contribution in [0.5, 0.6) is 0 Å². The minimum absolute atomic E-state index is 0.257. The average molecular weight is 241 g/mol. The summed E-state index contributed by atoms with van der Waals surface area (Å²) in [6.07, 6.45) is 0.562. The maximum absolute atomic E-state index is 13.4. The third-order valence-corrected chi connectivity index (χ3v) is 3.02. The summed E-state index contributed by atoms with van der Waals surface area (Å²) >= 11 is 0. The molecule has 2 rings (SSSR count). The smallest absolute Gasteiger partial charge is 0.307 e. The zero-order valence-corrected chi connectivity index (χ0v) is 9.20. The monoisotopic (exact) mass is 241 g/mol. The van der Waals surface area contributed by atoms with Gasteiger partial charge in [0.15, 0.2) is 0 Å². The predicted octanol–water partition coefficient (Wildman–Crippen LogP) is 1.87. The SMILES string of the molecule is O=C(O)C1CCN(Cc2cc(F)ccc2F)C1. The number of benzene rings is 1. The third kappa shape index (κ3) is 2.79. The van der Waals surface area contributed by atoms with E-state index in [1.165, 1.54) is 0 Å². The first-order chi connectivity index (χ1) is 8.06. The quantitative estimate of drug-likeness (QED) is 0.878. The van der Waals surface area contributed by atoms with Crippen LogP contribution in [0.1, 0.15) is 12.0 Å². The Morgan fingerprint density at radius 2 is 2.24 bits per heavy atom. The van der Waals surface area contributed by atoms with Crippen molar-refractivity contribution in [3.8, 4) is 0 Å². The molecule has 1 aromatic carbocycles. The normalized spacial score (nSPS) is 20.7. The Kier molecular flexibility index (Phi) is 3.38. The number of rotatable bonds is 3. The van der Waals surface area contributed by atoms with Crippen molar-refractivity contribution in [3.05, 3.63) is 35.4 Å². The number of likely N-dealkylation sites (tertiary alicyclic amines) is 1. The Bertz CT molecular complexity index is 437. The van der Waals surface area contributed by atoms with Crippen LogP contribution in [0.15, 0.2) is 18.2 Å². The zero-order chi connectivity index (χ0) is 12.4. The maximum Gasteiger partial charge on any atom is 0.307 e. The highest BCUT2D eigenvalue weighted by Gasteiger charge is 2.28. The molecule has 1 aliphatic rings. The summed E-state index contributed by atoms with van der Waals surface area (Å²) in [5, 5.41) is 8.84. The molecule has 1 saturated heterocycles. The molecule has 5 heteroatoms. The largest absolute Gasteiger partial charge is 0.481 e. The van der Waals surface area contributed by atoms with Crippen LogP contribution in [0.2, 0.25) is 0 Å². The molecule has 1 aromatic rings. The van der Waals surface area contributed by atoms with Crippen molar-refractivity contribution in [1.82, 2.24) is 4.90 Å². The van der Waals surface area contributed by atoms with Gasteiger partial charge in [0, 0.05) is 18.7 Å². The summed E-state index contributed by atoms with van der Waals surface area (Å²) in [6, 6.07) is 3.32. The van der Waals surface area contributed by atoms with Gasteiger partial charge >= 0.3 is 5.97 Å². The van der Waals surface area contributed by atoms with Crippen LogP contribution in [0, 0.1) is 17.6 Å². The van der Waals surface area contributed by atoms with E-state index < -0.39 is 23.5 Å². The van der Waals surface area contributed by atoms with E-state index in [1.54, 1.807) is 0 Å². The van der Waals surface area contributed by atoms with E-state index in [9.17, 15) is 13.6 Å². The van der Waals surface area contributed by atoms with Gasteiger partial charge < -0.3 is 5.11 Å². The average Bonchev–Trinajstić information content (AvgIpc) is 2.72. The molecule has 1 atom stereocenters. The molecule has 0 radical (unpaired) electrons. The van der Waals surface area contributed by atoms with E-state index in [0.29, 0.717) is 19.5 Å². The molecule has 92 valence electrons. The molecule has 0 aromatic heterocycles. The van der Waals surface area contributed by atoms with Crippen molar-refractivity contribution in [2.45, 2.75) is 13.0 Å². The van der Waals surface area contributed by atoms with Gasteiger partial charge in [-0.3, -0.25) is 9.69 Å². The van der Waals surface area contributed by atoms with Crippen LogP contribution >= 0.6 is 0 Å². The van der Waals surface area contributed by atoms with E-state index in [0.717, 1.165) is 18.2 Å². The van der Waals surface area contributed by atoms with Crippen molar-refractivity contribution in [2.75, 3.05) is 13.1 Å². The summed E-state index contributed by atoms with van der Waals surface area (Å²) in [4.78, 5) is 12.6. The summed E-state index contributed by atoms with van der Waals surface area (Å²) in [5.41, 5.74) is 0.274. The first kappa shape index (κ1) is 12.0. The van der Waals surface area contributed by atoms with Gasteiger partial charge in [-0.25, -0.2) is 8.78 Å². The molecule has 17 heavy (non-hydrogen) atoms. The molecule has 1 unspecified atom stereocenters. The number of nitrogens with zero attached hydrogens (tertiary/aromatic N) is 1. The van der Waals surface area contributed by atoms with E-state index in [1.807, 2.05) is 4.90 Å². The summed E-state index contributed by atoms with van der Waals surface area (Å²) in [6.45, 7) is 1.26. The number of carbonyl (C=O) groups is 1. The molecule has 1 aliphatic heterocycles. The lowest BCUT2D eigenvalue weighted by Crippen LogP contribution is -2.23. The molecular formula is C12H13F2NO2. The van der Waals surface area contributed by atoms with Crippen LogP contribution in [-0.2, 0) is 11.3 Å². The van der Waals surface area contributed by atoms with Crippen molar-refractivity contribution in [2.24, 2.45) is 5.92 Å². The number of hydrogen-bond acceptors (Lipinski definition) is 2. The Labute approximate surface area is 97.7 Å². The van der Waals surface area contributed by atoms with Crippen LogP contribution in [0.4, 0.5) is 8.78 Å².